The van der Waals surface area contributed by atoms with E-state index in [1.54, 1.807) is 13.2 Å². The highest BCUT2D eigenvalue weighted by Gasteiger charge is 2.65. The highest BCUT2D eigenvalue weighted by atomic mass is 19.3. The van der Waals surface area contributed by atoms with E-state index in [9.17, 15) is 8.78 Å². The summed E-state index contributed by atoms with van der Waals surface area (Å²) in [6.07, 6.45) is 1.65. The monoisotopic (exact) mass is 385 g/mol. The van der Waals surface area contributed by atoms with E-state index in [2.05, 4.69) is 11.8 Å². The molecule has 1 unspecified atom stereocenters. The summed E-state index contributed by atoms with van der Waals surface area (Å²) < 4.78 is 36.6. The van der Waals surface area contributed by atoms with Crippen molar-refractivity contribution >= 4 is 15.7 Å². The van der Waals surface area contributed by atoms with Crippen LogP contribution in [0, 0.1) is 11.8 Å². The minimum Gasteiger partial charge on any atom is -0.501 e. The van der Waals surface area contributed by atoms with Crippen LogP contribution in [0.2, 0.25) is 0 Å². The number of alkyl halides is 2. The van der Waals surface area contributed by atoms with E-state index in [-0.39, 0.29) is 5.41 Å². The van der Waals surface area contributed by atoms with Gasteiger partial charge in [-0.3, -0.25) is 4.90 Å². The van der Waals surface area contributed by atoms with Gasteiger partial charge < -0.3 is 9.47 Å². The van der Waals surface area contributed by atoms with Gasteiger partial charge in [0.1, 0.15) is 21.4 Å². The van der Waals surface area contributed by atoms with Crippen molar-refractivity contribution < 1.29 is 18.3 Å². The van der Waals surface area contributed by atoms with E-state index in [1.807, 2.05) is 12.1 Å². The Morgan fingerprint density at radius 3 is 2.71 bits per heavy atom. The predicted molar refractivity (Wildman–Crippen MR) is 106 cm³/mol. The second kappa shape index (κ2) is 7.32. The molecule has 3 aliphatic rings. The van der Waals surface area contributed by atoms with Crippen molar-refractivity contribution in [2.75, 3.05) is 26.8 Å². The average molecular weight is 385 g/mol. The average Bonchev–Trinajstić information content (AvgIpc) is 2.65. The Kier molecular flexibility index (Phi) is 5.28. The minimum atomic E-state index is -2.96. The highest BCUT2D eigenvalue weighted by molar-refractivity contribution is 6.39. The molecule has 0 aliphatic heterocycles. The Labute approximate surface area is 169 Å². The van der Waals surface area contributed by atoms with E-state index in [0.717, 1.165) is 32.5 Å². The molecule has 0 saturated heterocycles. The van der Waals surface area contributed by atoms with Gasteiger partial charge in [0.25, 0.3) is 6.43 Å². The molecule has 148 valence electrons. The number of benzene rings is 1. The molecule has 3 nitrogen and oxygen atoms in total. The quantitative estimate of drug-likeness (QED) is 0.643. The zero-order valence-corrected chi connectivity index (χ0v) is 16.7. The third-order valence-corrected chi connectivity index (χ3v) is 7.40. The lowest BCUT2D eigenvalue weighted by Gasteiger charge is -2.69. The molecule has 4 atom stereocenters. The maximum absolute atomic E-state index is 13.0. The maximum atomic E-state index is 13.0. The van der Waals surface area contributed by atoms with Gasteiger partial charge in [0.05, 0.1) is 12.0 Å². The van der Waals surface area contributed by atoms with Gasteiger partial charge in [-0.1, -0.05) is 13.0 Å². The second-order valence-electron chi connectivity index (χ2n) is 8.59. The number of methoxy groups -OCH3 is 1. The molecule has 4 rings (SSSR count). The highest BCUT2D eigenvalue weighted by Crippen LogP contribution is 2.69. The number of fused-ring (bicyclic) bond motifs is 1. The third kappa shape index (κ3) is 3.00. The van der Waals surface area contributed by atoms with Crippen molar-refractivity contribution in [2.24, 2.45) is 11.8 Å². The van der Waals surface area contributed by atoms with Gasteiger partial charge in [-0.2, -0.15) is 0 Å². The lowest BCUT2D eigenvalue weighted by atomic mass is 9.36. The predicted octanol–water partition coefficient (Wildman–Crippen LogP) is 2.88. The first-order valence-corrected chi connectivity index (χ1v) is 10.2. The van der Waals surface area contributed by atoms with Crippen LogP contribution in [0.5, 0.6) is 5.75 Å². The van der Waals surface area contributed by atoms with Gasteiger partial charge in [0, 0.05) is 25.1 Å². The Bertz CT molecular complexity index is 732. The number of halogens is 2. The summed E-state index contributed by atoms with van der Waals surface area (Å²) in [4.78, 5) is 2.54. The van der Waals surface area contributed by atoms with Crippen LogP contribution >= 0.6 is 0 Å². The Balaban J connectivity index is 1.64. The standard InChI is InChI=1S/C21H27B2F2NO2/c1-3-26(8-9-27-2)18-10-13-4-5-15(28-21(22,23)19(24)25)12-16(13)20-7-6-14(20)11-17(18)20/h4-5,12,14,17-19H,3,6-11H2,1-2H3/t14?,17-,18+,20-/m1/s1. The summed E-state index contributed by atoms with van der Waals surface area (Å²) in [5.41, 5.74) is 2.72. The minimum absolute atomic E-state index is 0.162. The zero-order chi connectivity index (χ0) is 20.1. The van der Waals surface area contributed by atoms with Crippen molar-refractivity contribution in [3.8, 4) is 5.75 Å². The van der Waals surface area contributed by atoms with E-state index in [1.165, 1.54) is 24.0 Å². The normalized spacial score (nSPS) is 30.9. The van der Waals surface area contributed by atoms with Gasteiger partial charge >= 0.3 is 0 Å². The number of ether oxygens (including phenoxy) is 2. The lowest BCUT2D eigenvalue weighted by Crippen LogP contribution is -2.68. The topological polar surface area (TPSA) is 21.7 Å². The van der Waals surface area contributed by atoms with Crippen LogP contribution in [0.4, 0.5) is 8.78 Å². The third-order valence-electron chi connectivity index (χ3n) is 7.40. The number of hydrogen-bond donors (Lipinski definition) is 0. The van der Waals surface area contributed by atoms with Crippen LogP contribution in [-0.2, 0) is 16.6 Å². The summed E-state index contributed by atoms with van der Waals surface area (Å²) in [5.74, 6) is 1.62. The summed E-state index contributed by atoms with van der Waals surface area (Å²) in [6.45, 7) is 4.87. The molecule has 0 N–H and O–H groups in total. The molecule has 0 amide bonds. The Morgan fingerprint density at radius 2 is 2.14 bits per heavy atom. The first-order chi connectivity index (χ1) is 13.3. The van der Waals surface area contributed by atoms with Gasteiger partial charge in [-0.15, -0.1) is 0 Å². The molecular formula is C21H27B2F2NO2. The zero-order valence-electron chi connectivity index (χ0n) is 16.7. The number of rotatable bonds is 8. The smallest absolute Gasteiger partial charge is 0.259 e. The van der Waals surface area contributed by atoms with Crippen LogP contribution < -0.4 is 4.74 Å². The molecule has 1 spiro atoms. The van der Waals surface area contributed by atoms with Crippen molar-refractivity contribution in [1.29, 1.82) is 0 Å². The molecule has 0 bridgehead atoms. The largest absolute Gasteiger partial charge is 0.501 e. The fourth-order valence-electron chi connectivity index (χ4n) is 5.88. The fourth-order valence-corrected chi connectivity index (χ4v) is 5.88. The second-order valence-corrected chi connectivity index (χ2v) is 8.59. The van der Waals surface area contributed by atoms with Crippen LogP contribution in [0.3, 0.4) is 0 Å². The van der Waals surface area contributed by atoms with Gasteiger partial charge in [0.15, 0.2) is 0 Å². The molecule has 2 saturated carbocycles. The Morgan fingerprint density at radius 1 is 1.36 bits per heavy atom. The van der Waals surface area contributed by atoms with E-state index in [4.69, 9.17) is 25.2 Å². The molecule has 2 fully saturated rings. The van der Waals surface area contributed by atoms with Crippen molar-refractivity contribution in [2.45, 2.75) is 55.9 Å². The molecule has 28 heavy (non-hydrogen) atoms. The van der Waals surface area contributed by atoms with Crippen LogP contribution in [0.15, 0.2) is 18.2 Å². The number of likely N-dealkylation sites (N-methyl/N-ethyl adjacent to an activating group) is 1. The molecule has 0 heterocycles. The number of hydrogen-bond acceptors (Lipinski definition) is 3. The fraction of sp³-hybridized carbons (Fsp3) is 0.714. The van der Waals surface area contributed by atoms with Crippen molar-refractivity contribution in [1.82, 2.24) is 4.90 Å². The first kappa shape index (κ1) is 20.2. The molecule has 7 heteroatoms. The van der Waals surface area contributed by atoms with Crippen molar-refractivity contribution in [3.63, 3.8) is 0 Å². The summed E-state index contributed by atoms with van der Waals surface area (Å²) in [6, 6.07) is 6.16. The Hall–Kier alpha value is -1.07. The van der Waals surface area contributed by atoms with Crippen molar-refractivity contribution in [3.05, 3.63) is 29.3 Å². The van der Waals surface area contributed by atoms with E-state index >= 15 is 0 Å². The molecule has 3 aliphatic carbocycles. The molecule has 1 aromatic carbocycles. The summed E-state index contributed by atoms with van der Waals surface area (Å²) >= 11 is 0. The van der Waals surface area contributed by atoms with Crippen LogP contribution in [0.25, 0.3) is 0 Å². The maximum Gasteiger partial charge on any atom is 0.259 e. The van der Waals surface area contributed by atoms with E-state index < -0.39 is 11.8 Å². The first-order valence-electron chi connectivity index (χ1n) is 10.2. The van der Waals surface area contributed by atoms with Crippen LogP contribution in [0.1, 0.15) is 37.3 Å². The van der Waals surface area contributed by atoms with Gasteiger partial charge in [-0.25, -0.2) is 8.78 Å². The lowest BCUT2D eigenvalue weighted by molar-refractivity contribution is -0.119. The van der Waals surface area contributed by atoms with E-state index in [0.29, 0.717) is 23.6 Å². The number of nitrogens with zero attached hydrogens (tertiary/aromatic N) is 1. The molecule has 1 aromatic rings. The van der Waals surface area contributed by atoms with Gasteiger partial charge in [-0.05, 0) is 67.3 Å². The SMILES string of the molecule is [B]C([B])(Oc1ccc2c(c1)[C@@]13CCC1C[C@@H]3[C@@H](N(CC)CCOC)C2)C(F)F. The van der Waals surface area contributed by atoms with Crippen LogP contribution in [-0.4, -0.2) is 65.3 Å². The summed E-state index contributed by atoms with van der Waals surface area (Å²) in [5, 5.41) is -2.47. The van der Waals surface area contributed by atoms with Gasteiger partial charge in [0.2, 0.25) is 0 Å². The summed E-state index contributed by atoms with van der Waals surface area (Å²) in [7, 11) is 12.6. The molecule has 4 radical (unpaired) electrons. The molecule has 0 aromatic heterocycles. The molecular weight excluding hydrogens is 358 g/mol.